The number of hydrogen-bond acceptors (Lipinski definition) is 2. The lowest BCUT2D eigenvalue weighted by molar-refractivity contribution is 0.248. The fraction of sp³-hybridized carbons (Fsp3) is 0.100. The Labute approximate surface area is 85.5 Å². The van der Waals surface area contributed by atoms with Crippen LogP contribution in [0.1, 0.15) is 4.88 Å². The van der Waals surface area contributed by atoms with E-state index in [2.05, 4.69) is 5.32 Å². The lowest BCUT2D eigenvalue weighted by atomic mass is 10.2. The largest absolute Gasteiger partial charge is 0.350 e. The second-order valence-corrected chi connectivity index (χ2v) is 4.07. The maximum absolute atomic E-state index is 10.4. The van der Waals surface area contributed by atoms with Gasteiger partial charge in [-0.15, -0.1) is 11.3 Å². The van der Waals surface area contributed by atoms with E-state index < -0.39 is 6.03 Å². The molecule has 3 nitrogen and oxygen atoms in total. The first-order valence-electron chi connectivity index (χ1n) is 4.20. The Morgan fingerprint density at radius 1 is 1.43 bits per heavy atom. The number of hydrogen-bond donors (Lipinski definition) is 1. The van der Waals surface area contributed by atoms with Crippen LogP contribution in [-0.2, 0) is 6.54 Å². The zero-order chi connectivity index (χ0) is 9.97. The number of nitrogens with zero attached hydrogens (tertiary/aromatic N) is 1. The molecule has 1 heterocycles. The van der Waals surface area contributed by atoms with Crippen molar-refractivity contribution >= 4 is 27.5 Å². The highest BCUT2D eigenvalue weighted by Crippen LogP contribution is 2.24. The van der Waals surface area contributed by atoms with E-state index in [1.807, 2.05) is 30.3 Å². The standard InChI is InChI=1S/C10H9N2OS/c11-10(13)12-6-8-5-7-3-1-2-4-9(7)14-8/h1-5H,6H2,(H2,11,13). The Balaban J connectivity index is 2.22. The van der Waals surface area contributed by atoms with Gasteiger partial charge in [-0.2, -0.15) is 0 Å². The summed E-state index contributed by atoms with van der Waals surface area (Å²) in [6.45, 7) is 0.384. The predicted molar refractivity (Wildman–Crippen MR) is 57.2 cm³/mol. The van der Waals surface area contributed by atoms with Crippen molar-refractivity contribution in [2.24, 2.45) is 5.73 Å². The molecule has 2 N–H and O–H groups in total. The molecule has 2 rings (SSSR count). The van der Waals surface area contributed by atoms with Crippen molar-refractivity contribution in [2.45, 2.75) is 6.54 Å². The molecule has 0 atom stereocenters. The van der Waals surface area contributed by atoms with Crippen LogP contribution < -0.4 is 11.1 Å². The molecular weight excluding hydrogens is 196 g/mol. The Morgan fingerprint density at radius 2 is 2.21 bits per heavy atom. The smallest absolute Gasteiger partial charge is 0.334 e. The van der Waals surface area contributed by atoms with Crippen LogP contribution in [-0.4, -0.2) is 6.03 Å². The minimum atomic E-state index is -0.609. The number of rotatable bonds is 2. The Kier molecular flexibility index (Phi) is 2.37. The van der Waals surface area contributed by atoms with Gasteiger partial charge in [-0.3, -0.25) is 0 Å². The van der Waals surface area contributed by atoms with Gasteiger partial charge in [0, 0.05) is 9.58 Å². The van der Waals surface area contributed by atoms with Crippen molar-refractivity contribution in [2.75, 3.05) is 0 Å². The van der Waals surface area contributed by atoms with Gasteiger partial charge in [0.05, 0.1) is 6.54 Å². The highest BCUT2D eigenvalue weighted by molar-refractivity contribution is 7.19. The maximum atomic E-state index is 10.4. The lowest BCUT2D eigenvalue weighted by Crippen LogP contribution is -2.21. The summed E-state index contributed by atoms with van der Waals surface area (Å²) in [5.41, 5.74) is 4.93. The molecule has 1 aromatic heterocycles. The van der Waals surface area contributed by atoms with Gasteiger partial charge in [0.15, 0.2) is 0 Å². The number of carbonyl (C=O) groups is 1. The van der Waals surface area contributed by atoms with Crippen LogP contribution in [0.5, 0.6) is 0 Å². The number of urea groups is 1. The number of amides is 2. The number of benzene rings is 1. The third-order valence-corrected chi connectivity index (χ3v) is 2.97. The number of primary amides is 1. The molecule has 0 unspecified atom stereocenters. The van der Waals surface area contributed by atoms with Crippen LogP contribution in [0.4, 0.5) is 4.79 Å². The third kappa shape index (κ3) is 1.85. The normalized spacial score (nSPS) is 10.3. The molecule has 4 heteroatoms. The minimum Gasteiger partial charge on any atom is -0.350 e. The molecular formula is C10H9N2OS. The molecule has 0 saturated carbocycles. The maximum Gasteiger partial charge on any atom is 0.334 e. The summed E-state index contributed by atoms with van der Waals surface area (Å²) in [5, 5.41) is 4.83. The van der Waals surface area contributed by atoms with Gasteiger partial charge in [0.25, 0.3) is 0 Å². The van der Waals surface area contributed by atoms with Gasteiger partial charge in [-0.05, 0) is 17.5 Å². The second-order valence-electron chi connectivity index (χ2n) is 2.91. The van der Waals surface area contributed by atoms with Crippen LogP contribution in [0.3, 0.4) is 0 Å². The van der Waals surface area contributed by atoms with Gasteiger partial charge >= 0.3 is 6.03 Å². The minimum absolute atomic E-state index is 0.384. The number of thiophene rings is 1. The van der Waals surface area contributed by atoms with Crippen molar-refractivity contribution in [1.29, 1.82) is 0 Å². The van der Waals surface area contributed by atoms with Crippen molar-refractivity contribution < 1.29 is 4.79 Å². The van der Waals surface area contributed by atoms with E-state index in [1.54, 1.807) is 11.3 Å². The number of nitrogens with two attached hydrogens (primary N) is 1. The molecule has 0 aliphatic heterocycles. The molecule has 2 aromatic rings. The highest BCUT2D eigenvalue weighted by Gasteiger charge is 2.02. The molecule has 0 bridgehead atoms. The molecule has 0 fully saturated rings. The van der Waals surface area contributed by atoms with Gasteiger partial charge in [-0.25, -0.2) is 10.1 Å². The monoisotopic (exact) mass is 205 g/mol. The summed E-state index contributed by atoms with van der Waals surface area (Å²) < 4.78 is 1.21. The summed E-state index contributed by atoms with van der Waals surface area (Å²) in [6, 6.07) is 9.50. The Hall–Kier alpha value is -1.55. The quantitative estimate of drug-likeness (QED) is 0.801. The Bertz CT molecular complexity index is 431. The SMILES string of the molecule is NC(=O)[N]Cc1cc2ccccc2s1. The second kappa shape index (κ2) is 3.67. The lowest BCUT2D eigenvalue weighted by Gasteiger charge is -1.92. The van der Waals surface area contributed by atoms with Gasteiger partial charge in [-0.1, -0.05) is 18.2 Å². The molecule has 1 radical (unpaired) electrons. The molecule has 71 valence electrons. The average molecular weight is 205 g/mol. The van der Waals surface area contributed by atoms with Crippen LogP contribution in [0.15, 0.2) is 30.3 Å². The fourth-order valence-corrected chi connectivity index (χ4v) is 2.26. The van der Waals surface area contributed by atoms with Gasteiger partial charge in [0.2, 0.25) is 0 Å². The van der Waals surface area contributed by atoms with E-state index in [9.17, 15) is 4.79 Å². The Morgan fingerprint density at radius 3 is 2.93 bits per heavy atom. The summed E-state index contributed by atoms with van der Waals surface area (Å²) >= 11 is 1.64. The molecule has 0 saturated heterocycles. The van der Waals surface area contributed by atoms with Crippen LogP contribution in [0.25, 0.3) is 10.1 Å². The van der Waals surface area contributed by atoms with Crippen molar-refractivity contribution in [1.82, 2.24) is 5.32 Å². The molecule has 1 aromatic carbocycles. The van der Waals surface area contributed by atoms with Crippen LogP contribution in [0.2, 0.25) is 0 Å². The number of carbonyl (C=O) groups excluding carboxylic acids is 1. The van der Waals surface area contributed by atoms with Gasteiger partial charge in [0.1, 0.15) is 0 Å². The van der Waals surface area contributed by atoms with Crippen molar-refractivity contribution in [3.05, 3.63) is 35.2 Å². The summed E-state index contributed by atoms with van der Waals surface area (Å²) in [6.07, 6.45) is 0. The predicted octanol–water partition coefficient (Wildman–Crippen LogP) is 2.08. The molecule has 0 spiro atoms. The fourth-order valence-electron chi connectivity index (χ4n) is 1.27. The molecule has 2 amide bonds. The first kappa shape index (κ1) is 9.02. The van der Waals surface area contributed by atoms with E-state index in [4.69, 9.17) is 5.73 Å². The topological polar surface area (TPSA) is 57.2 Å². The van der Waals surface area contributed by atoms with E-state index in [0.29, 0.717) is 6.54 Å². The highest BCUT2D eigenvalue weighted by atomic mass is 32.1. The number of fused-ring (bicyclic) bond motifs is 1. The zero-order valence-electron chi connectivity index (χ0n) is 7.43. The molecule has 0 aliphatic carbocycles. The summed E-state index contributed by atoms with van der Waals surface area (Å²) in [5.74, 6) is 0. The van der Waals surface area contributed by atoms with Crippen LogP contribution >= 0.6 is 11.3 Å². The third-order valence-electron chi connectivity index (χ3n) is 1.87. The zero-order valence-corrected chi connectivity index (χ0v) is 8.25. The van der Waals surface area contributed by atoms with Crippen molar-refractivity contribution in [3.63, 3.8) is 0 Å². The first-order valence-corrected chi connectivity index (χ1v) is 5.02. The molecule has 0 aliphatic rings. The van der Waals surface area contributed by atoms with E-state index >= 15 is 0 Å². The average Bonchev–Trinajstić information content (AvgIpc) is 2.57. The van der Waals surface area contributed by atoms with E-state index in [-0.39, 0.29) is 0 Å². The van der Waals surface area contributed by atoms with Crippen LogP contribution in [0, 0.1) is 0 Å². The molecule has 14 heavy (non-hydrogen) atoms. The van der Waals surface area contributed by atoms with E-state index in [1.165, 1.54) is 10.1 Å². The summed E-state index contributed by atoms with van der Waals surface area (Å²) in [4.78, 5) is 11.5. The van der Waals surface area contributed by atoms with E-state index in [0.717, 1.165) is 4.88 Å². The van der Waals surface area contributed by atoms with Crippen molar-refractivity contribution in [3.8, 4) is 0 Å². The summed E-state index contributed by atoms with van der Waals surface area (Å²) in [7, 11) is 0. The first-order chi connectivity index (χ1) is 6.75. The van der Waals surface area contributed by atoms with Gasteiger partial charge < -0.3 is 5.73 Å².